The number of nitrogens with zero attached hydrogens (tertiary/aromatic N) is 3. The number of nitrogen functional groups attached to an aromatic ring is 1. The molecule has 0 aliphatic carbocycles. The number of aromatic nitrogens is 4. The van der Waals surface area contributed by atoms with Crippen LogP contribution in [0.25, 0.3) is 33.4 Å². The fraction of sp³-hybridized carbons (Fsp3) is 0. The summed E-state index contributed by atoms with van der Waals surface area (Å²) in [6, 6.07) is 9.69. The number of hydrogen-bond donors (Lipinski definition) is 2. The zero-order chi connectivity index (χ0) is 17.6. The van der Waals surface area contributed by atoms with Crippen LogP contribution in [0, 0.1) is 5.82 Å². The molecule has 0 unspecified atom stereocenters. The monoisotopic (exact) mass is 417 g/mol. The van der Waals surface area contributed by atoms with Crippen LogP contribution in [0.4, 0.5) is 10.2 Å². The van der Waals surface area contributed by atoms with Gasteiger partial charge in [0.15, 0.2) is 5.82 Å². The van der Waals surface area contributed by atoms with Gasteiger partial charge in [0.2, 0.25) is 0 Å². The van der Waals surface area contributed by atoms with Gasteiger partial charge in [0.25, 0.3) is 0 Å². The zero-order valence-electron chi connectivity index (χ0n) is 12.6. The van der Waals surface area contributed by atoms with Crippen molar-refractivity contribution in [2.45, 2.75) is 0 Å². The minimum absolute atomic E-state index is 0.249. The molecular formula is C17H10BrClFN5. The van der Waals surface area contributed by atoms with E-state index in [0.717, 1.165) is 16.5 Å². The molecule has 8 heteroatoms. The maximum absolute atomic E-state index is 13.3. The van der Waals surface area contributed by atoms with Crippen molar-refractivity contribution >= 4 is 44.3 Å². The molecule has 0 saturated heterocycles. The highest BCUT2D eigenvalue weighted by molar-refractivity contribution is 9.10. The van der Waals surface area contributed by atoms with Crippen LogP contribution >= 0.6 is 27.5 Å². The Morgan fingerprint density at radius 2 is 1.76 bits per heavy atom. The maximum Gasteiger partial charge on any atom is 0.157 e. The number of H-pyrrole nitrogens is 1. The van der Waals surface area contributed by atoms with Crippen LogP contribution in [0.3, 0.4) is 0 Å². The number of aromatic amines is 1. The van der Waals surface area contributed by atoms with Crippen molar-refractivity contribution in [3.05, 3.63) is 58.0 Å². The number of benzene rings is 2. The van der Waals surface area contributed by atoms with Crippen molar-refractivity contribution in [1.82, 2.24) is 20.2 Å². The molecule has 0 amide bonds. The minimum Gasteiger partial charge on any atom is -0.381 e. The standard InChI is InChI=1S/C17H10BrClFN5/c18-16-17(21)24-14(8-1-3-11(20)4-2-8)15(23-16)9-5-10-7-22-25-13(10)12(19)6-9/h1-7H,(H2,21,24)(H,22,25). The number of nitrogens with one attached hydrogen (secondary N) is 1. The topological polar surface area (TPSA) is 80.5 Å². The van der Waals surface area contributed by atoms with Crippen molar-refractivity contribution in [2.75, 3.05) is 5.73 Å². The summed E-state index contributed by atoms with van der Waals surface area (Å²) in [6.45, 7) is 0. The molecule has 4 rings (SSSR count). The molecule has 3 N–H and O–H groups in total. The Labute approximate surface area is 155 Å². The van der Waals surface area contributed by atoms with Crippen LogP contribution in [-0.4, -0.2) is 20.2 Å². The van der Waals surface area contributed by atoms with Gasteiger partial charge in [-0.2, -0.15) is 5.10 Å². The van der Waals surface area contributed by atoms with Crippen LogP contribution < -0.4 is 5.73 Å². The Balaban J connectivity index is 1.99. The second-order valence-electron chi connectivity index (χ2n) is 5.40. The smallest absolute Gasteiger partial charge is 0.157 e. The second-order valence-corrected chi connectivity index (χ2v) is 6.55. The first-order valence-electron chi connectivity index (χ1n) is 7.25. The molecule has 0 atom stereocenters. The summed E-state index contributed by atoms with van der Waals surface area (Å²) in [6.07, 6.45) is 1.68. The van der Waals surface area contributed by atoms with Crippen LogP contribution in [0.15, 0.2) is 47.2 Å². The normalized spacial score (nSPS) is 11.2. The van der Waals surface area contributed by atoms with E-state index in [1.807, 2.05) is 6.07 Å². The maximum atomic E-state index is 13.3. The molecule has 2 aromatic carbocycles. The van der Waals surface area contributed by atoms with E-state index in [1.165, 1.54) is 12.1 Å². The van der Waals surface area contributed by atoms with E-state index in [2.05, 4.69) is 36.1 Å². The number of hydrogen-bond acceptors (Lipinski definition) is 4. The van der Waals surface area contributed by atoms with E-state index < -0.39 is 0 Å². The van der Waals surface area contributed by atoms with Crippen LogP contribution in [-0.2, 0) is 0 Å². The predicted octanol–water partition coefficient (Wildman–Crippen LogP) is 4.82. The Kier molecular flexibility index (Phi) is 3.89. The van der Waals surface area contributed by atoms with Crippen LogP contribution in [0.1, 0.15) is 0 Å². The van der Waals surface area contributed by atoms with Crippen LogP contribution in [0.2, 0.25) is 5.02 Å². The van der Waals surface area contributed by atoms with E-state index in [0.29, 0.717) is 26.6 Å². The van der Waals surface area contributed by atoms with Crippen molar-refractivity contribution in [1.29, 1.82) is 0 Å². The van der Waals surface area contributed by atoms with Crippen molar-refractivity contribution < 1.29 is 4.39 Å². The SMILES string of the molecule is Nc1nc(-c2ccc(F)cc2)c(-c2cc(Cl)c3[nH]ncc3c2)nc1Br. The first kappa shape index (κ1) is 16.0. The second kappa shape index (κ2) is 6.09. The summed E-state index contributed by atoms with van der Waals surface area (Å²) >= 11 is 9.65. The Bertz CT molecular complexity index is 1090. The first-order chi connectivity index (χ1) is 12.0. The summed E-state index contributed by atoms with van der Waals surface area (Å²) in [4.78, 5) is 8.95. The minimum atomic E-state index is -0.328. The number of rotatable bonds is 2. The lowest BCUT2D eigenvalue weighted by Crippen LogP contribution is -2.00. The molecule has 25 heavy (non-hydrogen) atoms. The summed E-state index contributed by atoms with van der Waals surface area (Å²) < 4.78 is 13.7. The highest BCUT2D eigenvalue weighted by atomic mass is 79.9. The molecule has 2 heterocycles. The number of nitrogens with two attached hydrogens (primary N) is 1. The number of halogens is 3. The predicted molar refractivity (Wildman–Crippen MR) is 99.6 cm³/mol. The highest BCUT2D eigenvalue weighted by Gasteiger charge is 2.16. The molecule has 0 bridgehead atoms. The van der Waals surface area contributed by atoms with Gasteiger partial charge in [-0.05, 0) is 52.3 Å². The summed E-state index contributed by atoms with van der Waals surface area (Å²) in [5.74, 6) is -0.0789. The molecule has 0 saturated carbocycles. The van der Waals surface area contributed by atoms with E-state index in [9.17, 15) is 4.39 Å². The third-order valence-corrected chi connectivity index (χ3v) is 4.65. The van der Waals surface area contributed by atoms with Gasteiger partial charge in [-0.3, -0.25) is 5.10 Å². The first-order valence-corrected chi connectivity index (χ1v) is 8.42. The van der Waals surface area contributed by atoms with Gasteiger partial charge in [-0.1, -0.05) is 11.6 Å². The Morgan fingerprint density at radius 3 is 2.52 bits per heavy atom. The molecule has 2 aromatic heterocycles. The zero-order valence-corrected chi connectivity index (χ0v) is 14.9. The van der Waals surface area contributed by atoms with Crippen molar-refractivity contribution in [3.8, 4) is 22.5 Å². The quantitative estimate of drug-likeness (QED) is 0.489. The van der Waals surface area contributed by atoms with Crippen molar-refractivity contribution in [3.63, 3.8) is 0 Å². The Morgan fingerprint density at radius 1 is 1.04 bits per heavy atom. The average molecular weight is 419 g/mol. The molecule has 5 nitrogen and oxygen atoms in total. The molecule has 4 aromatic rings. The highest BCUT2D eigenvalue weighted by Crippen LogP contribution is 2.35. The summed E-state index contributed by atoms with van der Waals surface area (Å²) in [7, 11) is 0. The van der Waals surface area contributed by atoms with Gasteiger partial charge in [0.1, 0.15) is 10.4 Å². The lowest BCUT2D eigenvalue weighted by molar-refractivity contribution is 0.628. The van der Waals surface area contributed by atoms with Gasteiger partial charge >= 0.3 is 0 Å². The van der Waals surface area contributed by atoms with Crippen LogP contribution in [0.5, 0.6) is 0 Å². The third kappa shape index (κ3) is 2.85. The fourth-order valence-electron chi connectivity index (χ4n) is 2.59. The Hall–Kier alpha value is -2.51. The van der Waals surface area contributed by atoms with Gasteiger partial charge < -0.3 is 5.73 Å². The summed E-state index contributed by atoms with van der Waals surface area (Å²) in [5.41, 5.74) is 9.23. The number of fused-ring (bicyclic) bond motifs is 1. The van der Waals surface area contributed by atoms with Crippen molar-refractivity contribution in [2.24, 2.45) is 0 Å². The lowest BCUT2D eigenvalue weighted by atomic mass is 10.0. The van der Waals surface area contributed by atoms with Gasteiger partial charge in [-0.15, -0.1) is 0 Å². The third-order valence-electron chi connectivity index (χ3n) is 3.77. The molecule has 0 radical (unpaired) electrons. The molecule has 0 fully saturated rings. The van der Waals surface area contributed by atoms with Gasteiger partial charge in [-0.25, -0.2) is 14.4 Å². The summed E-state index contributed by atoms with van der Waals surface area (Å²) in [5, 5.41) is 8.22. The van der Waals surface area contributed by atoms with Gasteiger partial charge in [0, 0.05) is 16.5 Å². The van der Waals surface area contributed by atoms with E-state index >= 15 is 0 Å². The molecular weight excluding hydrogens is 409 g/mol. The average Bonchev–Trinajstić information content (AvgIpc) is 3.07. The molecule has 0 spiro atoms. The fourth-order valence-corrected chi connectivity index (χ4v) is 3.12. The molecule has 0 aliphatic rings. The number of anilines is 1. The molecule has 124 valence electrons. The van der Waals surface area contributed by atoms with E-state index in [-0.39, 0.29) is 11.6 Å². The largest absolute Gasteiger partial charge is 0.381 e. The lowest BCUT2D eigenvalue weighted by Gasteiger charge is -2.11. The van der Waals surface area contributed by atoms with Gasteiger partial charge in [0.05, 0.1) is 28.1 Å². The van der Waals surface area contributed by atoms with E-state index in [1.54, 1.807) is 24.4 Å². The van der Waals surface area contributed by atoms with E-state index in [4.69, 9.17) is 17.3 Å². The molecule has 0 aliphatic heterocycles.